The lowest BCUT2D eigenvalue weighted by molar-refractivity contribution is -0.334. The average Bonchev–Trinajstić information content (AvgIpc) is 2.94. The van der Waals surface area contributed by atoms with Gasteiger partial charge in [0.15, 0.2) is 5.41 Å². The number of para-hydroxylation sites is 1. The molecular weight excluding hydrogens is 402 g/mol. The Morgan fingerprint density at radius 3 is 2.19 bits per heavy atom. The molecule has 0 aromatic heterocycles. The van der Waals surface area contributed by atoms with Crippen molar-refractivity contribution >= 4 is 21.6 Å². The molecule has 12 heteroatoms. The van der Waals surface area contributed by atoms with Crippen LogP contribution in [0.25, 0.3) is 0 Å². The van der Waals surface area contributed by atoms with Crippen molar-refractivity contribution in [3.05, 3.63) is 29.8 Å². The highest BCUT2D eigenvalue weighted by atomic mass is 32.2. The summed E-state index contributed by atoms with van der Waals surface area (Å²) in [6.07, 6.45) is -12.0. The van der Waals surface area contributed by atoms with E-state index in [4.69, 9.17) is 0 Å². The third-order valence-electron chi connectivity index (χ3n) is 4.36. The summed E-state index contributed by atoms with van der Waals surface area (Å²) in [5.74, 6) is -0.951. The largest absolute Gasteiger partial charge is 0.404 e. The number of nitrogens with zero attached hydrogens (tertiary/aromatic N) is 1. The van der Waals surface area contributed by atoms with E-state index < -0.39 is 59.6 Å². The van der Waals surface area contributed by atoms with Gasteiger partial charge < -0.3 is 4.90 Å². The first kappa shape index (κ1) is 21.3. The normalized spacial score (nSPS) is 17.8. The standard InChI is InChI=1S/C15H16F6N2O3S/c1-27(25,26)22-11-5-3-2-4-10(11)8-12(24)23-7-6-13(9-23,14(16,17)18)15(19,20)21/h2-5,22H,6-9H2,1H3. The zero-order valence-electron chi connectivity index (χ0n) is 14.0. The summed E-state index contributed by atoms with van der Waals surface area (Å²) >= 11 is 0. The lowest BCUT2D eigenvalue weighted by Crippen LogP contribution is -2.52. The summed E-state index contributed by atoms with van der Waals surface area (Å²) in [5, 5.41) is 0. The Morgan fingerprint density at radius 1 is 1.15 bits per heavy atom. The van der Waals surface area contributed by atoms with Gasteiger partial charge in [0.25, 0.3) is 0 Å². The molecule has 1 aliphatic heterocycles. The van der Waals surface area contributed by atoms with Crippen molar-refractivity contribution in [2.75, 3.05) is 24.1 Å². The van der Waals surface area contributed by atoms with Crippen LogP contribution in [0.4, 0.5) is 32.0 Å². The van der Waals surface area contributed by atoms with Gasteiger partial charge in [-0.05, 0) is 18.1 Å². The van der Waals surface area contributed by atoms with Crippen molar-refractivity contribution < 1.29 is 39.6 Å². The molecule has 2 rings (SSSR count). The third-order valence-corrected chi connectivity index (χ3v) is 4.95. The van der Waals surface area contributed by atoms with E-state index in [2.05, 4.69) is 4.72 Å². The van der Waals surface area contributed by atoms with Gasteiger partial charge in [0.1, 0.15) is 0 Å². The maximum Gasteiger partial charge on any atom is 0.404 e. The van der Waals surface area contributed by atoms with Crippen LogP contribution in [0.2, 0.25) is 0 Å². The summed E-state index contributed by atoms with van der Waals surface area (Å²) in [6.45, 7) is -2.21. The maximum absolute atomic E-state index is 13.1. The van der Waals surface area contributed by atoms with E-state index in [1.165, 1.54) is 24.3 Å². The van der Waals surface area contributed by atoms with E-state index in [1.807, 2.05) is 0 Å². The molecule has 0 spiro atoms. The third kappa shape index (κ3) is 4.47. The van der Waals surface area contributed by atoms with E-state index in [9.17, 15) is 39.6 Å². The Labute approximate surface area is 151 Å². The number of carbonyl (C=O) groups is 1. The summed E-state index contributed by atoms with van der Waals surface area (Å²) in [6, 6.07) is 5.64. The first-order chi connectivity index (χ1) is 12.2. The predicted octanol–water partition coefficient (Wildman–Crippen LogP) is 2.94. The Morgan fingerprint density at radius 2 is 1.70 bits per heavy atom. The number of benzene rings is 1. The predicted molar refractivity (Wildman–Crippen MR) is 84.4 cm³/mol. The van der Waals surface area contributed by atoms with Crippen LogP contribution in [-0.4, -0.2) is 50.9 Å². The van der Waals surface area contributed by atoms with Crippen LogP contribution in [0.1, 0.15) is 12.0 Å². The van der Waals surface area contributed by atoms with E-state index in [0.717, 1.165) is 6.26 Å². The molecule has 0 aliphatic carbocycles. The lowest BCUT2D eigenvalue weighted by Gasteiger charge is -2.33. The number of halogens is 6. The zero-order chi connectivity index (χ0) is 20.7. The molecule has 0 bridgehead atoms. The molecule has 1 aromatic rings. The molecule has 0 radical (unpaired) electrons. The van der Waals surface area contributed by atoms with Crippen LogP contribution < -0.4 is 4.72 Å². The van der Waals surface area contributed by atoms with Gasteiger partial charge in [-0.3, -0.25) is 9.52 Å². The van der Waals surface area contributed by atoms with E-state index in [0.29, 0.717) is 4.90 Å². The second-order valence-corrected chi connectivity index (χ2v) is 8.10. The highest BCUT2D eigenvalue weighted by Crippen LogP contribution is 2.55. The van der Waals surface area contributed by atoms with Gasteiger partial charge in [0, 0.05) is 13.1 Å². The fraction of sp³-hybridized carbons (Fsp3) is 0.533. The molecule has 1 heterocycles. The van der Waals surface area contributed by atoms with Crippen LogP contribution in [0.3, 0.4) is 0 Å². The highest BCUT2D eigenvalue weighted by Gasteiger charge is 2.72. The molecule has 1 saturated heterocycles. The number of rotatable bonds is 4. The van der Waals surface area contributed by atoms with Crippen molar-refractivity contribution in [1.29, 1.82) is 0 Å². The quantitative estimate of drug-likeness (QED) is 0.765. The molecule has 0 saturated carbocycles. The summed E-state index contributed by atoms with van der Waals surface area (Å²) in [7, 11) is -3.68. The van der Waals surface area contributed by atoms with Crippen molar-refractivity contribution in [1.82, 2.24) is 4.90 Å². The second-order valence-electron chi connectivity index (χ2n) is 6.35. The zero-order valence-corrected chi connectivity index (χ0v) is 14.8. The Kier molecular flexibility index (Phi) is 5.43. The molecule has 1 fully saturated rings. The van der Waals surface area contributed by atoms with Crippen LogP contribution in [0, 0.1) is 5.41 Å². The molecule has 152 valence electrons. The Bertz CT molecular complexity index is 806. The molecule has 1 N–H and O–H groups in total. The van der Waals surface area contributed by atoms with Gasteiger partial charge in [-0.15, -0.1) is 0 Å². The number of amides is 1. The first-order valence-electron chi connectivity index (χ1n) is 7.63. The number of anilines is 1. The number of hydrogen-bond donors (Lipinski definition) is 1. The highest BCUT2D eigenvalue weighted by molar-refractivity contribution is 7.92. The summed E-state index contributed by atoms with van der Waals surface area (Å²) < 4.78 is 103. The number of nitrogens with one attached hydrogen (secondary N) is 1. The molecule has 1 aliphatic rings. The molecular formula is C15H16F6N2O3S. The minimum absolute atomic E-state index is 0.0328. The summed E-state index contributed by atoms with van der Waals surface area (Å²) in [5.41, 5.74) is -3.78. The fourth-order valence-electron chi connectivity index (χ4n) is 2.89. The van der Waals surface area contributed by atoms with Gasteiger partial charge in [-0.1, -0.05) is 18.2 Å². The first-order valence-corrected chi connectivity index (χ1v) is 9.52. The summed E-state index contributed by atoms with van der Waals surface area (Å²) in [4.78, 5) is 12.8. The van der Waals surface area contributed by atoms with Crippen LogP contribution in [0.5, 0.6) is 0 Å². The van der Waals surface area contributed by atoms with Crippen molar-refractivity contribution in [3.8, 4) is 0 Å². The Hall–Kier alpha value is -1.98. The fourth-order valence-corrected chi connectivity index (χ4v) is 3.49. The molecule has 27 heavy (non-hydrogen) atoms. The van der Waals surface area contributed by atoms with E-state index >= 15 is 0 Å². The molecule has 0 atom stereocenters. The number of likely N-dealkylation sites (tertiary alicyclic amines) is 1. The molecule has 1 amide bonds. The van der Waals surface area contributed by atoms with E-state index in [1.54, 1.807) is 0 Å². The van der Waals surface area contributed by atoms with Crippen molar-refractivity contribution in [2.24, 2.45) is 5.41 Å². The van der Waals surface area contributed by atoms with Crippen LogP contribution in [-0.2, 0) is 21.2 Å². The SMILES string of the molecule is CS(=O)(=O)Nc1ccccc1CC(=O)N1CCC(C(F)(F)F)(C(F)(F)F)C1. The van der Waals surface area contributed by atoms with Crippen LogP contribution in [0.15, 0.2) is 24.3 Å². The second kappa shape index (κ2) is 6.88. The number of sulfonamides is 1. The molecule has 0 unspecified atom stereocenters. The van der Waals surface area contributed by atoms with Gasteiger partial charge >= 0.3 is 12.4 Å². The maximum atomic E-state index is 13.1. The number of alkyl halides is 6. The van der Waals surface area contributed by atoms with E-state index in [-0.39, 0.29) is 11.3 Å². The number of hydrogen-bond acceptors (Lipinski definition) is 3. The smallest absolute Gasteiger partial charge is 0.341 e. The van der Waals surface area contributed by atoms with Gasteiger partial charge in [-0.2, -0.15) is 26.3 Å². The monoisotopic (exact) mass is 418 g/mol. The molecule has 1 aromatic carbocycles. The van der Waals surface area contributed by atoms with Gasteiger partial charge in [0.05, 0.1) is 18.4 Å². The minimum Gasteiger partial charge on any atom is -0.341 e. The molecule has 5 nitrogen and oxygen atoms in total. The lowest BCUT2D eigenvalue weighted by atomic mass is 9.85. The topological polar surface area (TPSA) is 66.5 Å². The van der Waals surface area contributed by atoms with Crippen molar-refractivity contribution in [3.63, 3.8) is 0 Å². The minimum atomic E-state index is -5.55. The van der Waals surface area contributed by atoms with Crippen LogP contribution >= 0.6 is 0 Å². The van der Waals surface area contributed by atoms with Crippen molar-refractivity contribution in [2.45, 2.75) is 25.2 Å². The Balaban J connectivity index is 2.22. The van der Waals surface area contributed by atoms with Gasteiger partial charge in [-0.25, -0.2) is 8.42 Å². The average molecular weight is 418 g/mol. The number of carbonyl (C=O) groups excluding carboxylic acids is 1. The van der Waals surface area contributed by atoms with Gasteiger partial charge in [0.2, 0.25) is 15.9 Å².